The molecule has 1 saturated heterocycles. The average molecular weight is 439 g/mol. The third kappa shape index (κ3) is 3.58. The second-order valence-corrected chi connectivity index (χ2v) is 8.17. The molecule has 0 aliphatic carbocycles. The maximum Gasteiger partial charge on any atom is 0.338 e. The summed E-state index contributed by atoms with van der Waals surface area (Å²) in [6.07, 6.45) is 0. The van der Waals surface area contributed by atoms with Crippen LogP contribution in [-0.4, -0.2) is 47.5 Å². The molecule has 1 aromatic rings. The van der Waals surface area contributed by atoms with Crippen molar-refractivity contribution in [3.63, 3.8) is 0 Å². The Kier molecular flexibility index (Phi) is 5.84. The van der Waals surface area contributed by atoms with Gasteiger partial charge in [0.05, 0.1) is 29.2 Å². The van der Waals surface area contributed by atoms with Crippen LogP contribution in [0.1, 0.15) is 25.5 Å². The van der Waals surface area contributed by atoms with Crippen LogP contribution in [-0.2, 0) is 19.1 Å². The van der Waals surface area contributed by atoms with Crippen molar-refractivity contribution in [3.05, 3.63) is 45.6 Å². The van der Waals surface area contributed by atoms with Gasteiger partial charge < -0.3 is 9.47 Å². The lowest BCUT2D eigenvalue weighted by Crippen LogP contribution is -2.40. The Morgan fingerprint density at radius 1 is 1.38 bits per heavy atom. The first kappa shape index (κ1) is 19.1. The summed E-state index contributed by atoms with van der Waals surface area (Å²) in [7, 11) is 1.54. The molecule has 2 aliphatic heterocycles. The van der Waals surface area contributed by atoms with Crippen LogP contribution in [0.15, 0.2) is 45.0 Å². The highest BCUT2D eigenvalue weighted by Crippen LogP contribution is 2.43. The van der Waals surface area contributed by atoms with Gasteiger partial charge in [-0.3, -0.25) is 9.69 Å². The van der Waals surface area contributed by atoms with Crippen molar-refractivity contribution in [1.82, 2.24) is 4.90 Å². The van der Waals surface area contributed by atoms with E-state index in [9.17, 15) is 9.59 Å². The number of hydrogen-bond donors (Lipinski definition) is 0. The SMILES string of the molecule is COCCOC(=O)C1=C(C)N=C2S[C@H](C)C(=O)N2[C@@H]1c1cccc(Br)c1. The lowest BCUT2D eigenvalue weighted by atomic mass is 9.94. The van der Waals surface area contributed by atoms with E-state index in [1.54, 1.807) is 18.9 Å². The summed E-state index contributed by atoms with van der Waals surface area (Å²) in [5.74, 6) is -0.543. The molecule has 0 spiro atoms. The van der Waals surface area contributed by atoms with Crippen LogP contribution in [0.25, 0.3) is 0 Å². The number of thioether (sulfide) groups is 1. The molecule has 8 heteroatoms. The third-order valence-electron chi connectivity index (χ3n) is 4.16. The fourth-order valence-corrected chi connectivity index (χ4v) is 4.40. The monoisotopic (exact) mass is 438 g/mol. The summed E-state index contributed by atoms with van der Waals surface area (Å²) in [5, 5.41) is 0.387. The minimum atomic E-state index is -0.556. The van der Waals surface area contributed by atoms with Gasteiger partial charge in [-0.05, 0) is 31.5 Å². The zero-order valence-electron chi connectivity index (χ0n) is 14.7. The largest absolute Gasteiger partial charge is 0.460 e. The van der Waals surface area contributed by atoms with Gasteiger partial charge in [-0.25, -0.2) is 9.79 Å². The second-order valence-electron chi connectivity index (χ2n) is 5.95. The van der Waals surface area contributed by atoms with E-state index in [4.69, 9.17) is 9.47 Å². The Bertz CT molecular complexity index is 808. The van der Waals surface area contributed by atoms with E-state index in [1.165, 1.54) is 11.8 Å². The molecule has 0 N–H and O–H groups in total. The first-order valence-electron chi connectivity index (χ1n) is 8.14. The number of aliphatic imine (C=N–C) groups is 1. The number of carbonyl (C=O) groups excluding carboxylic acids is 2. The number of nitrogens with zero attached hydrogens (tertiary/aromatic N) is 2. The molecule has 0 aromatic heterocycles. The highest BCUT2D eigenvalue weighted by Gasteiger charge is 2.46. The van der Waals surface area contributed by atoms with Gasteiger partial charge in [-0.15, -0.1) is 0 Å². The minimum absolute atomic E-state index is 0.0617. The molecular formula is C18H19BrN2O4S. The van der Waals surface area contributed by atoms with Gasteiger partial charge in [0.2, 0.25) is 5.91 Å². The Morgan fingerprint density at radius 2 is 2.15 bits per heavy atom. The molecule has 6 nitrogen and oxygen atoms in total. The van der Waals surface area contributed by atoms with E-state index in [2.05, 4.69) is 20.9 Å². The summed E-state index contributed by atoms with van der Waals surface area (Å²) in [4.78, 5) is 31.6. The van der Waals surface area contributed by atoms with Gasteiger partial charge >= 0.3 is 5.97 Å². The fraction of sp³-hybridized carbons (Fsp3) is 0.389. The van der Waals surface area contributed by atoms with E-state index in [0.29, 0.717) is 23.0 Å². The number of allylic oxidation sites excluding steroid dienone is 1. The van der Waals surface area contributed by atoms with E-state index < -0.39 is 12.0 Å². The highest BCUT2D eigenvalue weighted by atomic mass is 79.9. The predicted octanol–water partition coefficient (Wildman–Crippen LogP) is 3.29. The molecular weight excluding hydrogens is 420 g/mol. The van der Waals surface area contributed by atoms with Crippen molar-refractivity contribution < 1.29 is 19.1 Å². The molecule has 3 rings (SSSR count). The summed E-state index contributed by atoms with van der Waals surface area (Å²) in [6, 6.07) is 7.03. The number of ether oxygens (including phenoxy) is 2. The lowest BCUT2D eigenvalue weighted by Gasteiger charge is -2.33. The standard InChI is InChI=1S/C18H19BrN2O4S/c1-10-14(17(23)25-8-7-24-3)15(12-5-4-6-13(19)9-12)21-16(22)11(2)26-18(21)20-10/h4-6,9,11,15H,7-8H2,1-3H3/t11-,15-/m1/s1. The first-order chi connectivity index (χ1) is 12.4. The molecule has 2 heterocycles. The Hall–Kier alpha value is -1.64. The van der Waals surface area contributed by atoms with E-state index in [1.807, 2.05) is 31.2 Å². The molecule has 0 saturated carbocycles. The van der Waals surface area contributed by atoms with Crippen LogP contribution in [0.5, 0.6) is 0 Å². The van der Waals surface area contributed by atoms with Crippen molar-refractivity contribution in [2.24, 2.45) is 4.99 Å². The first-order valence-corrected chi connectivity index (χ1v) is 9.82. The number of esters is 1. The number of carbonyl (C=O) groups is 2. The molecule has 0 radical (unpaired) electrons. The normalized spacial score (nSPS) is 22.4. The van der Waals surface area contributed by atoms with Gasteiger partial charge in [-0.2, -0.15) is 0 Å². The highest BCUT2D eigenvalue weighted by molar-refractivity contribution is 9.10. The van der Waals surface area contributed by atoms with E-state index in [0.717, 1.165) is 10.0 Å². The summed E-state index contributed by atoms with van der Waals surface area (Å²) < 4.78 is 11.1. The number of halogens is 1. The molecule has 1 aromatic carbocycles. The third-order valence-corrected chi connectivity index (χ3v) is 5.71. The number of fused-ring (bicyclic) bond motifs is 1. The van der Waals surface area contributed by atoms with E-state index >= 15 is 0 Å². The Balaban J connectivity index is 2.05. The van der Waals surface area contributed by atoms with Crippen LogP contribution < -0.4 is 0 Å². The van der Waals surface area contributed by atoms with E-state index in [-0.39, 0.29) is 17.8 Å². The van der Waals surface area contributed by atoms with Crippen LogP contribution in [0.2, 0.25) is 0 Å². The van der Waals surface area contributed by atoms with Crippen molar-refractivity contribution in [2.45, 2.75) is 25.1 Å². The van der Waals surface area contributed by atoms with Crippen LogP contribution >= 0.6 is 27.7 Å². The number of amides is 1. The molecule has 1 fully saturated rings. The number of benzene rings is 1. The van der Waals surface area contributed by atoms with Crippen molar-refractivity contribution >= 4 is 44.7 Å². The Labute approximate surface area is 164 Å². The summed E-state index contributed by atoms with van der Waals surface area (Å²) in [5.41, 5.74) is 1.77. The Morgan fingerprint density at radius 3 is 2.85 bits per heavy atom. The molecule has 26 heavy (non-hydrogen) atoms. The molecule has 0 unspecified atom stereocenters. The smallest absolute Gasteiger partial charge is 0.338 e. The molecule has 138 valence electrons. The van der Waals surface area contributed by atoms with Crippen molar-refractivity contribution in [1.29, 1.82) is 0 Å². The molecule has 2 aliphatic rings. The number of methoxy groups -OCH3 is 1. The fourth-order valence-electron chi connectivity index (χ4n) is 2.95. The number of amidine groups is 1. The summed E-state index contributed by atoms with van der Waals surface area (Å²) >= 11 is 4.87. The topological polar surface area (TPSA) is 68.2 Å². The van der Waals surface area contributed by atoms with Gasteiger partial charge in [0.25, 0.3) is 0 Å². The maximum atomic E-state index is 12.8. The van der Waals surface area contributed by atoms with Gasteiger partial charge in [0, 0.05) is 11.6 Å². The molecule has 0 bridgehead atoms. The average Bonchev–Trinajstić information content (AvgIpc) is 2.87. The predicted molar refractivity (Wildman–Crippen MR) is 104 cm³/mol. The zero-order valence-corrected chi connectivity index (χ0v) is 17.1. The zero-order chi connectivity index (χ0) is 18.8. The summed E-state index contributed by atoms with van der Waals surface area (Å²) in [6.45, 7) is 4.07. The quantitative estimate of drug-likeness (QED) is 0.521. The minimum Gasteiger partial charge on any atom is -0.460 e. The van der Waals surface area contributed by atoms with Crippen molar-refractivity contribution in [2.75, 3.05) is 20.3 Å². The molecule has 2 atom stereocenters. The van der Waals surface area contributed by atoms with Gasteiger partial charge in [-0.1, -0.05) is 39.8 Å². The van der Waals surface area contributed by atoms with Crippen molar-refractivity contribution in [3.8, 4) is 0 Å². The second kappa shape index (κ2) is 7.94. The molecule has 1 amide bonds. The van der Waals surface area contributed by atoms with Gasteiger partial charge in [0.1, 0.15) is 6.61 Å². The number of rotatable bonds is 5. The maximum absolute atomic E-state index is 12.8. The lowest BCUT2D eigenvalue weighted by molar-refractivity contribution is -0.141. The van der Waals surface area contributed by atoms with Crippen LogP contribution in [0.3, 0.4) is 0 Å². The van der Waals surface area contributed by atoms with Gasteiger partial charge in [0.15, 0.2) is 5.17 Å². The van der Waals surface area contributed by atoms with Crippen LogP contribution in [0, 0.1) is 0 Å². The van der Waals surface area contributed by atoms with Crippen LogP contribution in [0.4, 0.5) is 0 Å². The number of hydrogen-bond acceptors (Lipinski definition) is 6.